The van der Waals surface area contributed by atoms with Crippen molar-refractivity contribution in [3.05, 3.63) is 47.0 Å². The van der Waals surface area contributed by atoms with Crippen molar-refractivity contribution in [1.29, 1.82) is 0 Å². The van der Waals surface area contributed by atoms with Gasteiger partial charge in [-0.05, 0) is 45.2 Å². The molecule has 9 nitrogen and oxygen atoms in total. The number of benzene rings is 1. The molecule has 0 saturated carbocycles. The molecule has 0 spiro atoms. The van der Waals surface area contributed by atoms with Crippen molar-refractivity contribution < 1.29 is 32.5 Å². The van der Waals surface area contributed by atoms with Crippen LogP contribution >= 0.6 is 11.3 Å². The Hall–Kier alpha value is -3.77. The number of amides is 1. The monoisotopic (exact) mass is 586 g/mol. The lowest BCUT2D eigenvalue weighted by Crippen LogP contribution is -2.43. The zero-order valence-electron chi connectivity index (χ0n) is 23.8. The highest BCUT2D eigenvalue weighted by Crippen LogP contribution is 2.47. The molecule has 0 radical (unpaired) electrons. The molecule has 5 rings (SSSR count). The van der Waals surface area contributed by atoms with E-state index in [1.165, 1.54) is 25.6 Å². The lowest BCUT2D eigenvalue weighted by Gasteiger charge is -2.35. The van der Waals surface area contributed by atoms with Gasteiger partial charge in [0.1, 0.15) is 41.0 Å². The lowest BCUT2D eigenvalue weighted by molar-refractivity contribution is 0.0120. The van der Waals surface area contributed by atoms with Gasteiger partial charge in [-0.3, -0.25) is 9.58 Å². The van der Waals surface area contributed by atoms with Gasteiger partial charge in [-0.25, -0.2) is 18.6 Å². The first-order chi connectivity index (χ1) is 19.5. The van der Waals surface area contributed by atoms with E-state index in [1.807, 2.05) is 49.9 Å². The van der Waals surface area contributed by atoms with Gasteiger partial charge in [0, 0.05) is 36.7 Å². The second-order valence-electron chi connectivity index (χ2n) is 10.6. The maximum atomic E-state index is 15.7. The van der Waals surface area contributed by atoms with E-state index in [4.69, 9.17) is 29.0 Å². The quantitative estimate of drug-likeness (QED) is 0.230. The molecule has 0 bridgehead atoms. The van der Waals surface area contributed by atoms with Crippen LogP contribution in [0.25, 0.3) is 32.6 Å². The van der Waals surface area contributed by atoms with Gasteiger partial charge in [0.2, 0.25) is 5.88 Å². The van der Waals surface area contributed by atoms with Crippen molar-refractivity contribution in [1.82, 2.24) is 19.7 Å². The number of hydrogen-bond acceptors (Lipinski definition) is 8. The Balaban J connectivity index is 1.67. The zero-order chi connectivity index (χ0) is 29.5. The summed E-state index contributed by atoms with van der Waals surface area (Å²) >= 11 is 1.39. The molecule has 3 aromatic heterocycles. The fourth-order valence-corrected chi connectivity index (χ4v) is 5.78. The Morgan fingerprint density at radius 1 is 1.12 bits per heavy atom. The predicted molar refractivity (Wildman–Crippen MR) is 151 cm³/mol. The average Bonchev–Trinajstić information content (AvgIpc) is 3.55. The first-order valence-corrected chi connectivity index (χ1v) is 14.0. The number of carbonyl (C=O) groups is 1. The van der Waals surface area contributed by atoms with Gasteiger partial charge in [-0.2, -0.15) is 5.10 Å². The van der Waals surface area contributed by atoms with Gasteiger partial charge in [-0.15, -0.1) is 11.3 Å². The molecule has 0 aliphatic carbocycles. The summed E-state index contributed by atoms with van der Waals surface area (Å²) in [7, 11) is 3.03. The van der Waals surface area contributed by atoms with E-state index in [0.717, 1.165) is 17.8 Å². The van der Waals surface area contributed by atoms with E-state index >= 15 is 4.39 Å². The van der Waals surface area contributed by atoms with Gasteiger partial charge in [0.25, 0.3) is 0 Å². The number of nitrogens with zero attached hydrogens (tertiary/aromatic N) is 4. The number of aromatic nitrogens is 3. The molecule has 1 amide bonds. The molecular formula is C29H32F2N4O5S. The van der Waals surface area contributed by atoms with Crippen LogP contribution in [-0.2, 0) is 16.0 Å². The number of halogens is 2. The molecule has 0 N–H and O–H groups in total. The summed E-state index contributed by atoms with van der Waals surface area (Å²) in [5, 5.41) is 7.33. The van der Waals surface area contributed by atoms with Crippen molar-refractivity contribution >= 4 is 27.5 Å². The Morgan fingerprint density at radius 2 is 1.90 bits per heavy atom. The van der Waals surface area contributed by atoms with Crippen molar-refractivity contribution in [3.8, 4) is 34.1 Å². The molecule has 0 unspecified atom stereocenters. The van der Waals surface area contributed by atoms with E-state index in [2.05, 4.69) is 0 Å². The number of hydrogen-bond donors (Lipinski definition) is 0. The summed E-state index contributed by atoms with van der Waals surface area (Å²) in [6, 6.07) is 5.30. The highest BCUT2D eigenvalue weighted by molar-refractivity contribution is 7.17. The average molecular weight is 587 g/mol. The second kappa shape index (κ2) is 11.2. The van der Waals surface area contributed by atoms with Crippen molar-refractivity contribution in [2.75, 3.05) is 34.0 Å². The van der Waals surface area contributed by atoms with Gasteiger partial charge in [0.15, 0.2) is 0 Å². The highest BCUT2D eigenvalue weighted by Gasteiger charge is 2.34. The summed E-state index contributed by atoms with van der Waals surface area (Å²) in [6.45, 7) is 8.54. The van der Waals surface area contributed by atoms with Crippen LogP contribution < -0.4 is 9.47 Å². The summed E-state index contributed by atoms with van der Waals surface area (Å²) < 4.78 is 54.7. The lowest BCUT2D eigenvalue weighted by atomic mass is 9.96. The largest absolute Gasteiger partial charge is 0.490 e. The third-order valence-electron chi connectivity index (χ3n) is 6.72. The minimum atomic E-state index is -0.799. The molecule has 218 valence electrons. The Morgan fingerprint density at radius 3 is 2.61 bits per heavy atom. The summed E-state index contributed by atoms with van der Waals surface area (Å²) in [5.41, 5.74) is 1.39. The van der Waals surface area contributed by atoms with E-state index < -0.39 is 23.3 Å². The van der Waals surface area contributed by atoms with Gasteiger partial charge in [0.05, 0.1) is 42.3 Å². The maximum Gasteiger partial charge on any atom is 0.410 e. The standard InChI is InChI=1S/C29H32F2N4O5S/c1-16-21-15-20(33-35(21)9-8-34(16)28(36)40-29(2,3)4)25-23(18-7-12-41-26(18)27(32-25)38-6)24-19(31)13-17(30)14-22(24)39-11-10-37-5/h7,12-16H,8-11H2,1-6H3/t16-/m1/s1. The fourth-order valence-electron chi connectivity index (χ4n) is 4.91. The summed E-state index contributed by atoms with van der Waals surface area (Å²) in [4.78, 5) is 19.3. The normalized spacial score (nSPS) is 15.2. The molecule has 1 aliphatic rings. The van der Waals surface area contributed by atoms with E-state index in [0.29, 0.717) is 46.0 Å². The topological polar surface area (TPSA) is 87.9 Å². The minimum Gasteiger partial charge on any atom is -0.490 e. The third-order valence-corrected chi connectivity index (χ3v) is 7.62. The highest BCUT2D eigenvalue weighted by atomic mass is 32.1. The first-order valence-electron chi connectivity index (χ1n) is 13.2. The molecule has 41 heavy (non-hydrogen) atoms. The number of carbonyl (C=O) groups excluding carboxylic acids is 1. The van der Waals surface area contributed by atoms with Crippen molar-refractivity contribution in [2.24, 2.45) is 0 Å². The number of rotatable bonds is 7. The zero-order valence-corrected chi connectivity index (χ0v) is 24.6. The van der Waals surface area contributed by atoms with Crippen LogP contribution in [0.5, 0.6) is 11.6 Å². The number of pyridine rings is 1. The summed E-state index contributed by atoms with van der Waals surface area (Å²) in [5.74, 6) is -1.19. The number of methoxy groups -OCH3 is 2. The molecule has 1 aliphatic heterocycles. The Bertz CT molecular complexity index is 1600. The second-order valence-corrected chi connectivity index (χ2v) is 11.6. The van der Waals surface area contributed by atoms with Crippen LogP contribution in [0.2, 0.25) is 0 Å². The van der Waals surface area contributed by atoms with Gasteiger partial charge >= 0.3 is 6.09 Å². The molecule has 0 fully saturated rings. The van der Waals surface area contributed by atoms with Crippen LogP contribution in [0, 0.1) is 11.6 Å². The third kappa shape index (κ3) is 5.58. The van der Waals surface area contributed by atoms with Crippen molar-refractivity contribution in [2.45, 2.75) is 45.9 Å². The van der Waals surface area contributed by atoms with Crippen LogP contribution in [0.15, 0.2) is 29.6 Å². The Kier molecular flexibility index (Phi) is 7.89. The maximum absolute atomic E-state index is 15.7. The molecule has 1 aromatic carbocycles. The fraction of sp³-hybridized carbons (Fsp3) is 0.414. The van der Waals surface area contributed by atoms with Crippen molar-refractivity contribution in [3.63, 3.8) is 0 Å². The molecule has 4 heterocycles. The summed E-state index contributed by atoms with van der Waals surface area (Å²) in [6.07, 6.45) is -0.412. The van der Waals surface area contributed by atoms with Crippen LogP contribution in [-0.4, -0.2) is 65.3 Å². The molecule has 4 aromatic rings. The van der Waals surface area contributed by atoms with Crippen LogP contribution in [0.4, 0.5) is 13.6 Å². The molecule has 1 atom stereocenters. The molecule has 12 heteroatoms. The van der Waals surface area contributed by atoms with Crippen LogP contribution in [0.3, 0.4) is 0 Å². The smallest absolute Gasteiger partial charge is 0.410 e. The number of fused-ring (bicyclic) bond motifs is 2. The SMILES string of the molecule is COCCOc1cc(F)cc(F)c1-c1c(-c2cc3n(n2)CCN(C(=O)OC(C)(C)C)[C@@H]3C)nc(OC)c2sccc12. The number of ether oxygens (including phenoxy) is 4. The van der Waals surface area contributed by atoms with Gasteiger partial charge < -0.3 is 18.9 Å². The molecular weight excluding hydrogens is 554 g/mol. The molecule has 0 saturated heterocycles. The first kappa shape index (κ1) is 28.7. The van der Waals surface area contributed by atoms with E-state index in [9.17, 15) is 9.18 Å². The van der Waals surface area contributed by atoms with Gasteiger partial charge in [-0.1, -0.05) is 0 Å². The minimum absolute atomic E-state index is 0.0220. The van der Waals surface area contributed by atoms with E-state index in [-0.39, 0.29) is 30.6 Å². The Labute approximate surface area is 240 Å². The number of thiophene rings is 1. The van der Waals surface area contributed by atoms with E-state index in [1.54, 1.807) is 4.90 Å². The predicted octanol–water partition coefficient (Wildman–Crippen LogP) is 6.45. The van der Waals surface area contributed by atoms with Crippen LogP contribution in [0.1, 0.15) is 39.4 Å².